The first-order valence-corrected chi connectivity index (χ1v) is 13.9. The van der Waals surface area contributed by atoms with E-state index >= 15 is 0 Å². The summed E-state index contributed by atoms with van der Waals surface area (Å²) >= 11 is 0. The van der Waals surface area contributed by atoms with Crippen LogP contribution in [0, 0.1) is 0 Å². The van der Waals surface area contributed by atoms with Crippen molar-refractivity contribution in [1.82, 2.24) is 30.1 Å². The van der Waals surface area contributed by atoms with Gasteiger partial charge in [0.25, 0.3) is 0 Å². The standard InChI is InChI=1S/C26H44N6O2/c1(3-5-7-9-15-23-27-25(33-29-23)21-31-17-11-12-18-31)2-4-6-8-10-16-24-28-26(34-30-24)22-32-19-13-14-20-32/h1-22H2. The van der Waals surface area contributed by atoms with Crippen molar-refractivity contribution in [3.63, 3.8) is 0 Å². The van der Waals surface area contributed by atoms with Crippen molar-refractivity contribution in [3.05, 3.63) is 23.4 Å². The summed E-state index contributed by atoms with van der Waals surface area (Å²) in [5.74, 6) is 3.35. The van der Waals surface area contributed by atoms with E-state index in [1.807, 2.05) is 0 Å². The maximum absolute atomic E-state index is 5.41. The van der Waals surface area contributed by atoms with E-state index in [4.69, 9.17) is 9.05 Å². The van der Waals surface area contributed by atoms with Crippen molar-refractivity contribution in [2.75, 3.05) is 26.2 Å². The quantitative estimate of drug-likeness (QED) is 0.286. The number of likely N-dealkylation sites (tertiary alicyclic amines) is 2. The fourth-order valence-electron chi connectivity index (χ4n) is 5.16. The number of unbranched alkanes of at least 4 members (excludes halogenated alkanes) is 9. The second-order valence-electron chi connectivity index (χ2n) is 10.2. The van der Waals surface area contributed by atoms with Gasteiger partial charge in [-0.3, -0.25) is 9.80 Å². The third-order valence-corrected chi connectivity index (χ3v) is 7.19. The van der Waals surface area contributed by atoms with Crippen LogP contribution in [0.4, 0.5) is 0 Å². The van der Waals surface area contributed by atoms with Gasteiger partial charge in [-0.1, -0.05) is 61.7 Å². The predicted molar refractivity (Wildman–Crippen MR) is 131 cm³/mol. The topological polar surface area (TPSA) is 84.3 Å². The van der Waals surface area contributed by atoms with Crippen molar-refractivity contribution in [2.24, 2.45) is 0 Å². The second kappa shape index (κ2) is 14.6. The molecule has 0 saturated carbocycles. The molecule has 0 radical (unpaired) electrons. The van der Waals surface area contributed by atoms with Gasteiger partial charge in [0.1, 0.15) is 0 Å². The van der Waals surface area contributed by atoms with Crippen molar-refractivity contribution >= 4 is 0 Å². The molecule has 8 nitrogen and oxygen atoms in total. The third kappa shape index (κ3) is 9.10. The molecule has 0 amide bonds. The van der Waals surface area contributed by atoms with E-state index in [0.29, 0.717) is 0 Å². The van der Waals surface area contributed by atoms with Crippen molar-refractivity contribution < 1.29 is 9.05 Å². The smallest absolute Gasteiger partial charge is 0.240 e. The van der Waals surface area contributed by atoms with Crippen LogP contribution in [0.15, 0.2) is 9.05 Å². The summed E-state index contributed by atoms with van der Waals surface area (Å²) in [7, 11) is 0. The Kier molecular flexibility index (Phi) is 10.8. The monoisotopic (exact) mass is 472 g/mol. The lowest BCUT2D eigenvalue weighted by Gasteiger charge is -2.09. The normalized spacial score (nSPS) is 17.3. The lowest BCUT2D eigenvalue weighted by molar-refractivity contribution is 0.267. The Hall–Kier alpha value is -1.80. The summed E-state index contributed by atoms with van der Waals surface area (Å²) in [6.45, 7) is 6.30. The highest BCUT2D eigenvalue weighted by Gasteiger charge is 2.16. The summed E-state index contributed by atoms with van der Waals surface area (Å²) in [5, 5.41) is 8.31. The number of rotatable bonds is 17. The van der Waals surface area contributed by atoms with Crippen molar-refractivity contribution in [3.8, 4) is 0 Å². The molecule has 0 unspecified atom stereocenters. The van der Waals surface area contributed by atoms with Gasteiger partial charge in [0.2, 0.25) is 11.8 Å². The summed E-state index contributed by atoms with van der Waals surface area (Å²) in [4.78, 5) is 13.9. The van der Waals surface area contributed by atoms with Crippen LogP contribution in [0.5, 0.6) is 0 Å². The molecule has 2 aromatic rings. The molecule has 0 aliphatic carbocycles. The molecule has 4 rings (SSSR count). The average Bonchev–Trinajstić information content (AvgIpc) is 3.65. The lowest BCUT2D eigenvalue weighted by atomic mass is 10.0. The van der Waals surface area contributed by atoms with Crippen molar-refractivity contribution in [1.29, 1.82) is 0 Å². The highest BCUT2D eigenvalue weighted by molar-refractivity contribution is 4.88. The molecule has 2 fully saturated rings. The highest BCUT2D eigenvalue weighted by Crippen LogP contribution is 2.15. The van der Waals surface area contributed by atoms with Gasteiger partial charge in [-0.05, 0) is 64.7 Å². The van der Waals surface area contributed by atoms with Gasteiger partial charge in [0, 0.05) is 12.8 Å². The molecular weight excluding hydrogens is 428 g/mol. The minimum atomic E-state index is 0.788. The number of hydrogen-bond acceptors (Lipinski definition) is 8. The molecule has 0 bridgehead atoms. The largest absolute Gasteiger partial charge is 0.338 e. The Morgan fingerprint density at radius 1 is 0.500 bits per heavy atom. The van der Waals surface area contributed by atoms with Crippen LogP contribution in [-0.4, -0.2) is 56.3 Å². The fourth-order valence-corrected chi connectivity index (χ4v) is 5.16. The van der Waals surface area contributed by atoms with Crippen LogP contribution >= 0.6 is 0 Å². The fraction of sp³-hybridized carbons (Fsp3) is 0.846. The lowest BCUT2D eigenvalue weighted by Crippen LogP contribution is -2.18. The van der Waals surface area contributed by atoms with E-state index in [1.54, 1.807) is 0 Å². The molecule has 0 atom stereocenters. The van der Waals surface area contributed by atoms with E-state index in [9.17, 15) is 0 Å². The summed E-state index contributed by atoms with van der Waals surface area (Å²) in [6, 6.07) is 0. The summed E-state index contributed by atoms with van der Waals surface area (Å²) < 4.78 is 10.8. The van der Waals surface area contributed by atoms with Crippen LogP contribution in [0.2, 0.25) is 0 Å². The van der Waals surface area contributed by atoms with Gasteiger partial charge < -0.3 is 9.05 Å². The van der Waals surface area contributed by atoms with Gasteiger partial charge in [0.05, 0.1) is 13.1 Å². The maximum Gasteiger partial charge on any atom is 0.240 e. The van der Waals surface area contributed by atoms with Gasteiger partial charge >= 0.3 is 0 Å². The molecule has 34 heavy (non-hydrogen) atoms. The van der Waals surface area contributed by atoms with Gasteiger partial charge in [-0.2, -0.15) is 9.97 Å². The second-order valence-corrected chi connectivity index (χ2v) is 10.2. The van der Waals surface area contributed by atoms with E-state index in [2.05, 4.69) is 30.1 Å². The number of hydrogen-bond donors (Lipinski definition) is 0. The van der Waals surface area contributed by atoms with Crippen molar-refractivity contribution in [2.45, 2.75) is 116 Å². The first-order valence-electron chi connectivity index (χ1n) is 13.9. The molecule has 4 heterocycles. The van der Waals surface area contributed by atoms with E-state index in [1.165, 1.54) is 89.9 Å². The first-order chi connectivity index (χ1) is 16.8. The Morgan fingerprint density at radius 3 is 1.24 bits per heavy atom. The number of aryl methyl sites for hydroxylation is 2. The zero-order valence-corrected chi connectivity index (χ0v) is 21.1. The highest BCUT2D eigenvalue weighted by atomic mass is 16.5. The molecule has 0 N–H and O–H groups in total. The van der Waals surface area contributed by atoms with Gasteiger partial charge in [0.15, 0.2) is 11.6 Å². The average molecular weight is 473 g/mol. The van der Waals surface area contributed by atoms with Crippen LogP contribution in [-0.2, 0) is 25.9 Å². The molecule has 2 aliphatic rings. The van der Waals surface area contributed by atoms with Crippen LogP contribution in [0.1, 0.15) is 113 Å². The Labute approximate surface area is 204 Å². The van der Waals surface area contributed by atoms with Crippen LogP contribution in [0.25, 0.3) is 0 Å². The number of aromatic nitrogens is 4. The van der Waals surface area contributed by atoms with E-state index in [-0.39, 0.29) is 0 Å². The van der Waals surface area contributed by atoms with Crippen LogP contribution in [0.3, 0.4) is 0 Å². The Bertz CT molecular complexity index is 729. The molecule has 0 aromatic carbocycles. The zero-order valence-electron chi connectivity index (χ0n) is 21.1. The SMILES string of the molecule is C(CCCCCCc1noc(CN2CCCC2)n1)CCCCCc1noc(CN2CCCC2)n1. The maximum atomic E-state index is 5.41. The summed E-state index contributed by atoms with van der Waals surface area (Å²) in [6.07, 6.45) is 20.0. The molecule has 2 aliphatic heterocycles. The minimum absolute atomic E-state index is 0.788. The molecule has 2 aromatic heterocycles. The van der Waals surface area contributed by atoms with Crippen LogP contribution < -0.4 is 0 Å². The van der Waals surface area contributed by atoms with E-state index < -0.39 is 0 Å². The molecule has 190 valence electrons. The molecule has 2 saturated heterocycles. The summed E-state index contributed by atoms with van der Waals surface area (Å²) in [5.41, 5.74) is 0. The first kappa shape index (κ1) is 25.3. The minimum Gasteiger partial charge on any atom is -0.338 e. The Morgan fingerprint density at radius 2 is 0.853 bits per heavy atom. The van der Waals surface area contributed by atoms with Gasteiger partial charge in [-0.25, -0.2) is 0 Å². The van der Waals surface area contributed by atoms with E-state index in [0.717, 1.165) is 75.5 Å². The third-order valence-electron chi connectivity index (χ3n) is 7.19. The molecule has 0 spiro atoms. The molecule has 8 heteroatoms. The molecular formula is C26H44N6O2. The predicted octanol–water partition coefficient (Wildman–Crippen LogP) is 5.33. The number of nitrogens with zero attached hydrogens (tertiary/aromatic N) is 6. The Balaban J connectivity index is 0.921. The zero-order chi connectivity index (χ0) is 23.3. The van der Waals surface area contributed by atoms with Gasteiger partial charge in [-0.15, -0.1) is 0 Å².